The topological polar surface area (TPSA) is 40.5 Å². The second-order valence-electron chi connectivity index (χ2n) is 4.33. The molecule has 0 spiro atoms. The Morgan fingerprint density at radius 3 is 2.30 bits per heavy atom. The van der Waals surface area contributed by atoms with Gasteiger partial charge in [0.2, 0.25) is 5.91 Å². The van der Waals surface area contributed by atoms with E-state index in [2.05, 4.69) is 0 Å². The van der Waals surface area contributed by atoms with Crippen molar-refractivity contribution in [1.29, 1.82) is 0 Å². The van der Waals surface area contributed by atoms with Crippen molar-refractivity contribution in [2.24, 2.45) is 0 Å². The van der Waals surface area contributed by atoms with Crippen LogP contribution in [0.15, 0.2) is 24.3 Å². The van der Waals surface area contributed by atoms with Crippen LogP contribution < -0.4 is 0 Å². The molecule has 0 aliphatic carbocycles. The van der Waals surface area contributed by atoms with E-state index in [0.717, 1.165) is 18.2 Å². The van der Waals surface area contributed by atoms with Gasteiger partial charge in [0.25, 0.3) is 0 Å². The molecule has 112 valence electrons. The second-order valence-corrected chi connectivity index (χ2v) is 5.32. The van der Waals surface area contributed by atoms with Crippen LogP contribution in [0.4, 0.5) is 13.2 Å². The fraction of sp³-hybridized carbons (Fsp3) is 0.462. The van der Waals surface area contributed by atoms with Gasteiger partial charge in [-0.3, -0.25) is 4.79 Å². The molecule has 0 saturated heterocycles. The van der Waals surface area contributed by atoms with Crippen LogP contribution in [-0.2, 0) is 17.2 Å². The molecule has 0 bridgehead atoms. The van der Waals surface area contributed by atoms with Crippen molar-refractivity contribution in [3.05, 3.63) is 35.4 Å². The van der Waals surface area contributed by atoms with Crippen molar-refractivity contribution in [2.75, 3.05) is 19.3 Å². The summed E-state index contributed by atoms with van der Waals surface area (Å²) in [7, 11) is 1.15. The summed E-state index contributed by atoms with van der Waals surface area (Å²) in [5.74, 6) is 0.00495. The first kappa shape index (κ1) is 16.8. The number of halogens is 3. The number of amides is 1. The van der Waals surface area contributed by atoms with Gasteiger partial charge >= 0.3 is 6.18 Å². The van der Waals surface area contributed by atoms with Crippen molar-refractivity contribution in [3.8, 4) is 0 Å². The molecular weight excluding hydrogens is 291 g/mol. The van der Waals surface area contributed by atoms with Crippen LogP contribution in [0.1, 0.15) is 11.1 Å². The molecule has 0 atom stereocenters. The van der Waals surface area contributed by atoms with Crippen LogP contribution in [0.2, 0.25) is 0 Å². The minimum atomic E-state index is -4.37. The molecule has 1 amide bonds. The normalized spacial score (nSPS) is 11.4. The monoisotopic (exact) mass is 307 g/mol. The molecule has 0 unspecified atom stereocenters. The van der Waals surface area contributed by atoms with Crippen LogP contribution in [0.25, 0.3) is 0 Å². The summed E-state index contributed by atoms with van der Waals surface area (Å²) < 4.78 is 36.3. The Hall–Kier alpha value is -1.21. The summed E-state index contributed by atoms with van der Waals surface area (Å²) in [6, 6.07) is 7.19. The fourth-order valence-corrected chi connectivity index (χ4v) is 2.39. The van der Waals surface area contributed by atoms with Crippen molar-refractivity contribution in [3.63, 3.8) is 0 Å². The largest absolute Gasteiger partial charge is 0.406 e. The van der Waals surface area contributed by atoms with E-state index < -0.39 is 18.6 Å². The smallest absolute Gasteiger partial charge is 0.392 e. The molecule has 0 aliphatic heterocycles. The molecule has 0 radical (unpaired) electrons. The Balaban J connectivity index is 2.34. The molecule has 7 heteroatoms. The zero-order valence-electron chi connectivity index (χ0n) is 11.0. The van der Waals surface area contributed by atoms with E-state index in [4.69, 9.17) is 5.11 Å². The number of thioether (sulfide) groups is 1. The van der Waals surface area contributed by atoms with Crippen molar-refractivity contribution in [2.45, 2.75) is 18.5 Å². The maximum atomic E-state index is 12.1. The highest BCUT2D eigenvalue weighted by molar-refractivity contribution is 7.99. The summed E-state index contributed by atoms with van der Waals surface area (Å²) >= 11 is 1.26. The number of hydrogen-bond acceptors (Lipinski definition) is 3. The zero-order valence-corrected chi connectivity index (χ0v) is 11.8. The number of aliphatic hydroxyl groups excluding tert-OH is 1. The van der Waals surface area contributed by atoms with Gasteiger partial charge in [0, 0.05) is 12.8 Å². The highest BCUT2D eigenvalue weighted by Crippen LogP contribution is 2.17. The first-order valence-corrected chi connectivity index (χ1v) is 7.04. The van der Waals surface area contributed by atoms with E-state index in [1.807, 2.05) is 12.1 Å². The summed E-state index contributed by atoms with van der Waals surface area (Å²) in [6.07, 6.45) is -4.37. The van der Waals surface area contributed by atoms with Gasteiger partial charge in [0.15, 0.2) is 0 Å². The Morgan fingerprint density at radius 2 is 1.80 bits per heavy atom. The number of alkyl halides is 3. The molecule has 3 nitrogen and oxygen atoms in total. The molecular formula is C13H16F3NO2S. The summed E-state index contributed by atoms with van der Waals surface area (Å²) in [5.41, 5.74) is 1.75. The molecule has 0 aliphatic rings. The first-order chi connectivity index (χ1) is 9.31. The number of hydrogen-bond donors (Lipinski definition) is 1. The minimum Gasteiger partial charge on any atom is -0.392 e. The SMILES string of the molecule is CN(CC(F)(F)F)C(=O)CSCc1ccc(CO)cc1. The van der Waals surface area contributed by atoms with Crippen molar-refractivity contribution >= 4 is 17.7 Å². The molecule has 20 heavy (non-hydrogen) atoms. The van der Waals surface area contributed by atoms with Gasteiger partial charge < -0.3 is 10.0 Å². The van der Waals surface area contributed by atoms with Gasteiger partial charge in [-0.15, -0.1) is 11.8 Å². The van der Waals surface area contributed by atoms with Gasteiger partial charge in [-0.05, 0) is 11.1 Å². The van der Waals surface area contributed by atoms with Crippen LogP contribution in [0.3, 0.4) is 0 Å². The summed E-state index contributed by atoms with van der Waals surface area (Å²) in [5, 5.41) is 8.88. The van der Waals surface area contributed by atoms with Crippen molar-refractivity contribution in [1.82, 2.24) is 4.90 Å². The lowest BCUT2D eigenvalue weighted by Gasteiger charge is -2.18. The van der Waals surface area contributed by atoms with Gasteiger partial charge in [0.1, 0.15) is 6.54 Å². The number of nitrogens with zero attached hydrogens (tertiary/aromatic N) is 1. The van der Waals surface area contributed by atoms with E-state index in [1.54, 1.807) is 12.1 Å². The lowest BCUT2D eigenvalue weighted by molar-refractivity contribution is -0.156. The average molecular weight is 307 g/mol. The van der Waals surface area contributed by atoms with Crippen LogP contribution in [0, 0.1) is 0 Å². The number of carbonyl (C=O) groups excluding carboxylic acids is 1. The molecule has 0 saturated carbocycles. The number of carbonyl (C=O) groups is 1. The zero-order chi connectivity index (χ0) is 15.2. The first-order valence-electron chi connectivity index (χ1n) is 5.89. The molecule has 0 heterocycles. The van der Waals surface area contributed by atoms with Gasteiger partial charge in [-0.25, -0.2) is 0 Å². The van der Waals surface area contributed by atoms with Gasteiger partial charge in [0.05, 0.1) is 12.4 Å². The molecule has 0 aromatic heterocycles. The molecule has 1 aromatic rings. The van der Waals surface area contributed by atoms with E-state index in [-0.39, 0.29) is 12.4 Å². The second kappa shape index (κ2) is 7.54. The Kier molecular flexibility index (Phi) is 6.35. The number of rotatable bonds is 6. The van der Waals surface area contributed by atoms with Crippen LogP contribution in [0.5, 0.6) is 0 Å². The maximum Gasteiger partial charge on any atom is 0.406 e. The van der Waals surface area contributed by atoms with Crippen molar-refractivity contribution < 1.29 is 23.1 Å². The summed E-state index contributed by atoms with van der Waals surface area (Å²) in [4.78, 5) is 12.2. The highest BCUT2D eigenvalue weighted by Gasteiger charge is 2.30. The van der Waals surface area contributed by atoms with Crippen LogP contribution >= 0.6 is 11.8 Å². The third-order valence-corrected chi connectivity index (χ3v) is 3.53. The third-order valence-electron chi connectivity index (χ3n) is 2.54. The standard InChI is InChI=1S/C13H16F3NO2S/c1-17(9-13(14,15)16)12(19)8-20-7-11-4-2-10(6-18)3-5-11/h2-5,18H,6-9H2,1H3. The lowest BCUT2D eigenvalue weighted by atomic mass is 10.2. The predicted octanol–water partition coefficient (Wildman–Crippen LogP) is 2.43. The van der Waals surface area contributed by atoms with Gasteiger partial charge in [-0.1, -0.05) is 24.3 Å². The number of aliphatic hydroxyl groups is 1. The Morgan fingerprint density at radius 1 is 1.25 bits per heavy atom. The Labute approximate surface area is 119 Å². The minimum absolute atomic E-state index is 0.00827. The molecule has 0 fully saturated rings. The Bertz CT molecular complexity index is 434. The molecule has 1 rings (SSSR count). The predicted molar refractivity (Wildman–Crippen MR) is 72.2 cm³/mol. The average Bonchev–Trinajstić information content (AvgIpc) is 2.37. The van der Waals surface area contributed by atoms with Gasteiger partial charge in [-0.2, -0.15) is 13.2 Å². The van der Waals surface area contributed by atoms with E-state index >= 15 is 0 Å². The highest BCUT2D eigenvalue weighted by atomic mass is 32.2. The molecule has 1 N–H and O–H groups in total. The van der Waals surface area contributed by atoms with Crippen LogP contribution in [-0.4, -0.2) is 41.4 Å². The molecule has 1 aromatic carbocycles. The van der Waals surface area contributed by atoms with E-state index in [0.29, 0.717) is 10.7 Å². The third kappa shape index (κ3) is 6.29. The fourth-order valence-electron chi connectivity index (χ4n) is 1.46. The number of benzene rings is 1. The van der Waals surface area contributed by atoms with E-state index in [9.17, 15) is 18.0 Å². The maximum absolute atomic E-state index is 12.1. The lowest BCUT2D eigenvalue weighted by Crippen LogP contribution is -2.36. The summed E-state index contributed by atoms with van der Waals surface area (Å²) in [6.45, 7) is -1.26. The van der Waals surface area contributed by atoms with E-state index in [1.165, 1.54) is 11.8 Å². The quantitative estimate of drug-likeness (QED) is 0.877.